The van der Waals surface area contributed by atoms with Crippen LogP contribution in [0.15, 0.2) is 50.6 Å². The van der Waals surface area contributed by atoms with Crippen molar-refractivity contribution in [1.82, 2.24) is 0 Å². The Balaban J connectivity index is 3.27. The molecule has 0 aromatic rings. The highest BCUT2D eigenvalue weighted by Crippen LogP contribution is 2.07. The van der Waals surface area contributed by atoms with Crippen molar-refractivity contribution in [3.05, 3.63) is 50.6 Å². The number of allylic oxidation sites excluding steroid dienone is 4. The molecule has 0 spiro atoms. The molecule has 0 heterocycles. The van der Waals surface area contributed by atoms with Crippen LogP contribution in [0.2, 0.25) is 11.1 Å². The average molecular weight is 297 g/mol. The van der Waals surface area contributed by atoms with Gasteiger partial charge in [0.1, 0.15) is 0 Å². The summed E-state index contributed by atoms with van der Waals surface area (Å²) in [5, 5.41) is 0. The third-order valence-corrected chi connectivity index (χ3v) is 6.06. The molecule has 108 valence electrons. The lowest BCUT2D eigenvalue weighted by atomic mass is 10.2. The summed E-state index contributed by atoms with van der Waals surface area (Å²) in [5.41, 5.74) is 0.813. The summed E-state index contributed by atoms with van der Waals surface area (Å²) in [6.07, 6.45) is 11.1. The monoisotopic (exact) mass is 296 g/mol. The van der Waals surface area contributed by atoms with Crippen molar-refractivity contribution in [2.24, 2.45) is 0 Å². The first kappa shape index (κ1) is 18.3. The summed E-state index contributed by atoms with van der Waals surface area (Å²) in [5.74, 6) is 0. The van der Waals surface area contributed by atoms with Crippen molar-refractivity contribution in [2.45, 2.75) is 30.3 Å². The smallest absolute Gasteiger partial charge is 0.171 e. The van der Waals surface area contributed by atoms with Crippen LogP contribution in [0.1, 0.15) is 19.3 Å². The Bertz CT molecular complexity index is 225. The number of unbranched alkanes of at least 4 members (excludes halogenated alkanes) is 2. The van der Waals surface area contributed by atoms with Crippen molar-refractivity contribution in [2.75, 3.05) is 13.2 Å². The van der Waals surface area contributed by atoms with Crippen molar-refractivity contribution in [3.8, 4) is 0 Å². The Morgan fingerprint density at radius 3 is 1.37 bits per heavy atom. The van der Waals surface area contributed by atoms with Crippen molar-refractivity contribution in [1.29, 1.82) is 0 Å². The molecule has 4 heteroatoms. The molecule has 2 nitrogen and oxygen atoms in total. The van der Waals surface area contributed by atoms with Crippen molar-refractivity contribution < 1.29 is 8.85 Å². The molecule has 0 unspecified atom stereocenters. The molecule has 0 saturated heterocycles. The quantitative estimate of drug-likeness (QED) is 0.279. The highest BCUT2D eigenvalue weighted by atomic mass is 28.2. The van der Waals surface area contributed by atoms with E-state index in [9.17, 15) is 0 Å². The van der Waals surface area contributed by atoms with Gasteiger partial charge in [0.2, 0.25) is 0 Å². The van der Waals surface area contributed by atoms with Gasteiger partial charge in [0.15, 0.2) is 19.5 Å². The Morgan fingerprint density at radius 1 is 0.684 bits per heavy atom. The first-order chi connectivity index (χ1) is 9.28. The molecule has 0 saturated carbocycles. The molecular weight excluding hydrogens is 268 g/mol. The second kappa shape index (κ2) is 13.7. The van der Waals surface area contributed by atoms with Crippen LogP contribution in [-0.4, -0.2) is 32.7 Å². The van der Waals surface area contributed by atoms with Crippen LogP contribution in [0.4, 0.5) is 0 Å². The zero-order chi connectivity index (χ0) is 14.3. The standard InChI is InChI=1S/C15H28O2Si2/c1-5-14(6-2)18-16-12-10-9-11-13-17-19-15(7-3)8-4/h5-8,14-15H,1-4,9-13,18-19H2. The van der Waals surface area contributed by atoms with Crippen molar-refractivity contribution >= 4 is 19.5 Å². The van der Waals surface area contributed by atoms with Crippen LogP contribution in [0.5, 0.6) is 0 Å². The number of hydrogen-bond donors (Lipinski definition) is 0. The molecule has 0 aliphatic rings. The molecule has 0 aromatic carbocycles. The van der Waals surface area contributed by atoms with Crippen LogP contribution in [0.25, 0.3) is 0 Å². The van der Waals surface area contributed by atoms with Crippen LogP contribution < -0.4 is 0 Å². The fourth-order valence-electron chi connectivity index (χ4n) is 1.49. The van der Waals surface area contributed by atoms with E-state index in [4.69, 9.17) is 8.85 Å². The van der Waals surface area contributed by atoms with Gasteiger partial charge < -0.3 is 8.85 Å². The largest absolute Gasteiger partial charge is 0.423 e. The second-order valence-electron chi connectivity index (χ2n) is 4.48. The maximum absolute atomic E-state index is 5.69. The lowest BCUT2D eigenvalue weighted by Gasteiger charge is -2.09. The van der Waals surface area contributed by atoms with Crippen molar-refractivity contribution in [3.63, 3.8) is 0 Å². The number of rotatable bonds is 14. The summed E-state index contributed by atoms with van der Waals surface area (Å²) >= 11 is 0. The Labute approximate surface area is 123 Å². The minimum absolute atomic E-state index is 0.407. The molecule has 0 atom stereocenters. The maximum atomic E-state index is 5.69. The van der Waals surface area contributed by atoms with Gasteiger partial charge >= 0.3 is 0 Å². The lowest BCUT2D eigenvalue weighted by molar-refractivity contribution is 0.292. The lowest BCUT2D eigenvalue weighted by Crippen LogP contribution is -2.07. The Hall–Kier alpha value is -0.686. The van der Waals surface area contributed by atoms with Gasteiger partial charge in [-0.25, -0.2) is 0 Å². The molecule has 0 bridgehead atoms. The molecule has 0 rings (SSSR count). The van der Waals surface area contributed by atoms with Crippen LogP contribution in [0, 0.1) is 0 Å². The molecule has 0 aliphatic carbocycles. The second-order valence-corrected chi connectivity index (χ2v) is 7.85. The third kappa shape index (κ3) is 10.9. The van der Waals surface area contributed by atoms with Gasteiger partial charge in [0.05, 0.1) is 0 Å². The fourth-order valence-corrected chi connectivity index (χ4v) is 3.32. The summed E-state index contributed by atoms with van der Waals surface area (Å²) < 4.78 is 11.4. The highest BCUT2D eigenvalue weighted by molar-refractivity contribution is 6.31. The van der Waals surface area contributed by atoms with E-state index >= 15 is 0 Å². The fraction of sp³-hybridized carbons (Fsp3) is 0.467. The maximum Gasteiger partial charge on any atom is 0.171 e. The number of hydrogen-bond acceptors (Lipinski definition) is 2. The molecule has 0 radical (unpaired) electrons. The molecule has 19 heavy (non-hydrogen) atoms. The minimum atomic E-state index is -0.518. The van der Waals surface area contributed by atoms with Gasteiger partial charge in [-0.15, -0.1) is 26.3 Å². The molecular formula is C15H28O2Si2. The first-order valence-corrected chi connectivity index (χ1v) is 9.73. The average Bonchev–Trinajstić information content (AvgIpc) is 2.45. The normalized spacial score (nSPS) is 11.9. The van der Waals surface area contributed by atoms with E-state index in [-0.39, 0.29) is 0 Å². The zero-order valence-corrected chi connectivity index (χ0v) is 14.9. The van der Waals surface area contributed by atoms with E-state index in [0.29, 0.717) is 11.1 Å². The van der Waals surface area contributed by atoms with E-state index in [2.05, 4.69) is 26.3 Å². The zero-order valence-electron chi connectivity index (χ0n) is 12.1. The predicted octanol–water partition coefficient (Wildman–Crippen LogP) is 2.68. The van der Waals surface area contributed by atoms with E-state index < -0.39 is 19.5 Å². The van der Waals surface area contributed by atoms with Gasteiger partial charge in [-0.05, 0) is 19.3 Å². The summed E-state index contributed by atoms with van der Waals surface area (Å²) in [7, 11) is -1.04. The van der Waals surface area contributed by atoms with Gasteiger partial charge in [0.25, 0.3) is 0 Å². The predicted molar refractivity (Wildman–Crippen MR) is 91.1 cm³/mol. The van der Waals surface area contributed by atoms with E-state index in [1.807, 2.05) is 24.3 Å². The topological polar surface area (TPSA) is 18.5 Å². The van der Waals surface area contributed by atoms with Crippen LogP contribution in [0.3, 0.4) is 0 Å². The third-order valence-electron chi connectivity index (χ3n) is 2.91. The van der Waals surface area contributed by atoms with E-state index in [1.165, 1.54) is 6.42 Å². The van der Waals surface area contributed by atoms with Gasteiger partial charge in [0, 0.05) is 24.3 Å². The summed E-state index contributed by atoms with van der Waals surface area (Å²) in [4.78, 5) is 0. The SMILES string of the molecule is C=CC(C=C)[SiH2]OCCCCCO[SiH2]C(C=C)C=C. The highest BCUT2D eigenvalue weighted by Gasteiger charge is 2.01. The van der Waals surface area contributed by atoms with Crippen LogP contribution in [-0.2, 0) is 8.85 Å². The molecule has 0 amide bonds. The van der Waals surface area contributed by atoms with Gasteiger partial charge in [-0.2, -0.15) is 0 Å². The molecule has 0 fully saturated rings. The van der Waals surface area contributed by atoms with E-state index in [0.717, 1.165) is 26.1 Å². The minimum Gasteiger partial charge on any atom is -0.423 e. The molecule has 0 aromatic heterocycles. The summed E-state index contributed by atoms with van der Waals surface area (Å²) in [6.45, 7) is 16.8. The molecule has 0 aliphatic heterocycles. The van der Waals surface area contributed by atoms with Crippen LogP contribution >= 0.6 is 0 Å². The van der Waals surface area contributed by atoms with Gasteiger partial charge in [-0.3, -0.25) is 0 Å². The molecule has 0 N–H and O–H groups in total. The Kier molecular flexibility index (Phi) is 13.2. The summed E-state index contributed by atoms with van der Waals surface area (Å²) in [6, 6.07) is 0. The first-order valence-electron chi connectivity index (χ1n) is 6.94. The van der Waals surface area contributed by atoms with Gasteiger partial charge in [-0.1, -0.05) is 24.3 Å². The van der Waals surface area contributed by atoms with E-state index in [1.54, 1.807) is 0 Å². The Morgan fingerprint density at radius 2 is 1.05 bits per heavy atom.